The summed E-state index contributed by atoms with van der Waals surface area (Å²) in [5, 5.41) is 3.45. The van der Waals surface area contributed by atoms with Gasteiger partial charge in [0, 0.05) is 6.04 Å². The van der Waals surface area contributed by atoms with Crippen LogP contribution in [0.2, 0.25) is 0 Å². The molecule has 1 aromatic carbocycles. The Kier molecular flexibility index (Phi) is 4.02. The van der Waals surface area contributed by atoms with Gasteiger partial charge in [-0.05, 0) is 56.9 Å². The van der Waals surface area contributed by atoms with Gasteiger partial charge in [-0.15, -0.1) is 0 Å². The van der Waals surface area contributed by atoms with E-state index in [0.717, 1.165) is 23.8 Å². The lowest BCUT2D eigenvalue weighted by atomic mass is 10.1. The summed E-state index contributed by atoms with van der Waals surface area (Å²) in [6.07, 6.45) is 2.59. The molecule has 2 aromatic rings. The Labute approximate surface area is 126 Å². The van der Waals surface area contributed by atoms with Gasteiger partial charge >= 0.3 is 0 Å². The second kappa shape index (κ2) is 5.94. The first-order valence-electron chi connectivity index (χ1n) is 7.63. The van der Waals surface area contributed by atoms with Crippen LogP contribution in [0.4, 0.5) is 0 Å². The third-order valence-electron chi connectivity index (χ3n) is 3.82. The van der Waals surface area contributed by atoms with Gasteiger partial charge in [0.05, 0.1) is 6.54 Å². The molecule has 0 aliphatic heterocycles. The number of furan rings is 1. The Morgan fingerprint density at radius 1 is 1.10 bits per heavy atom. The number of benzene rings is 1. The van der Waals surface area contributed by atoms with E-state index in [1.165, 1.54) is 29.5 Å². The van der Waals surface area contributed by atoms with E-state index >= 15 is 0 Å². The van der Waals surface area contributed by atoms with Gasteiger partial charge in [-0.3, -0.25) is 0 Å². The highest BCUT2D eigenvalue weighted by Gasteiger charge is 2.20. The molecule has 0 spiro atoms. The number of hydrogen-bond donors (Lipinski definition) is 1. The summed E-state index contributed by atoms with van der Waals surface area (Å²) in [6, 6.07) is 9.03. The molecule has 1 aliphatic carbocycles. The third-order valence-corrected chi connectivity index (χ3v) is 3.82. The SMILES string of the molecule is Cc1cc(C)c(OCc2ccc(CNC3CC3)o2)c(C)c1. The highest BCUT2D eigenvalue weighted by atomic mass is 16.5. The van der Waals surface area contributed by atoms with Crippen LogP contribution in [-0.2, 0) is 13.2 Å². The zero-order valence-corrected chi connectivity index (χ0v) is 13.0. The molecule has 21 heavy (non-hydrogen) atoms. The summed E-state index contributed by atoms with van der Waals surface area (Å²) in [5.74, 6) is 2.83. The second-order valence-electron chi connectivity index (χ2n) is 6.04. The predicted molar refractivity (Wildman–Crippen MR) is 83.6 cm³/mol. The normalized spacial score (nSPS) is 14.4. The van der Waals surface area contributed by atoms with Crippen LogP contribution in [0.25, 0.3) is 0 Å². The molecule has 0 unspecified atom stereocenters. The van der Waals surface area contributed by atoms with Crippen LogP contribution in [0.1, 0.15) is 41.1 Å². The second-order valence-corrected chi connectivity index (χ2v) is 6.04. The number of hydrogen-bond acceptors (Lipinski definition) is 3. The fraction of sp³-hybridized carbons (Fsp3) is 0.444. The zero-order chi connectivity index (χ0) is 14.8. The smallest absolute Gasteiger partial charge is 0.146 e. The maximum Gasteiger partial charge on any atom is 0.146 e. The molecule has 1 N–H and O–H groups in total. The monoisotopic (exact) mass is 285 g/mol. The van der Waals surface area contributed by atoms with Crippen LogP contribution in [-0.4, -0.2) is 6.04 Å². The molecule has 0 atom stereocenters. The Morgan fingerprint density at radius 3 is 2.43 bits per heavy atom. The number of ether oxygens (including phenoxy) is 1. The van der Waals surface area contributed by atoms with Crippen molar-refractivity contribution in [2.24, 2.45) is 0 Å². The number of aryl methyl sites for hydroxylation is 3. The summed E-state index contributed by atoms with van der Waals surface area (Å²) in [5.41, 5.74) is 3.62. The van der Waals surface area contributed by atoms with Crippen LogP contribution in [0.3, 0.4) is 0 Å². The van der Waals surface area contributed by atoms with E-state index in [0.29, 0.717) is 12.6 Å². The minimum atomic E-state index is 0.480. The summed E-state index contributed by atoms with van der Waals surface area (Å²) in [4.78, 5) is 0. The molecule has 1 heterocycles. The molecular formula is C18H23NO2. The van der Waals surface area contributed by atoms with Crippen molar-refractivity contribution in [2.75, 3.05) is 0 Å². The standard InChI is InChI=1S/C18H23NO2/c1-12-8-13(2)18(14(3)9-12)20-11-17-7-6-16(21-17)10-19-15-4-5-15/h6-9,15,19H,4-5,10-11H2,1-3H3. The summed E-state index contributed by atoms with van der Waals surface area (Å²) >= 11 is 0. The number of rotatable bonds is 6. The summed E-state index contributed by atoms with van der Waals surface area (Å²) < 4.78 is 11.7. The quantitative estimate of drug-likeness (QED) is 0.870. The molecule has 0 radical (unpaired) electrons. The van der Waals surface area contributed by atoms with Crippen molar-refractivity contribution in [1.29, 1.82) is 0 Å². The topological polar surface area (TPSA) is 34.4 Å². The van der Waals surface area contributed by atoms with Gasteiger partial charge in [-0.1, -0.05) is 17.7 Å². The Balaban J connectivity index is 1.59. The lowest BCUT2D eigenvalue weighted by molar-refractivity contribution is 0.262. The molecule has 112 valence electrons. The van der Waals surface area contributed by atoms with Crippen LogP contribution in [0.15, 0.2) is 28.7 Å². The van der Waals surface area contributed by atoms with Crippen LogP contribution < -0.4 is 10.1 Å². The van der Waals surface area contributed by atoms with Gasteiger partial charge < -0.3 is 14.5 Å². The average Bonchev–Trinajstić information content (AvgIpc) is 3.14. The van der Waals surface area contributed by atoms with Gasteiger partial charge in [0.2, 0.25) is 0 Å². The van der Waals surface area contributed by atoms with Crippen LogP contribution in [0.5, 0.6) is 5.75 Å². The van der Waals surface area contributed by atoms with Gasteiger partial charge in [0.1, 0.15) is 23.9 Å². The van der Waals surface area contributed by atoms with E-state index in [1.807, 2.05) is 12.1 Å². The maximum absolute atomic E-state index is 5.95. The van der Waals surface area contributed by atoms with Gasteiger partial charge in [0.15, 0.2) is 0 Å². The van der Waals surface area contributed by atoms with E-state index in [2.05, 4.69) is 38.2 Å². The lowest BCUT2D eigenvalue weighted by Crippen LogP contribution is -2.14. The van der Waals surface area contributed by atoms with E-state index in [1.54, 1.807) is 0 Å². The molecule has 3 heteroatoms. The average molecular weight is 285 g/mol. The fourth-order valence-corrected chi connectivity index (χ4v) is 2.67. The molecule has 0 amide bonds. The van der Waals surface area contributed by atoms with Crippen molar-refractivity contribution >= 4 is 0 Å². The Morgan fingerprint density at radius 2 is 1.76 bits per heavy atom. The largest absolute Gasteiger partial charge is 0.485 e. The van der Waals surface area contributed by atoms with Crippen molar-refractivity contribution in [1.82, 2.24) is 5.32 Å². The minimum absolute atomic E-state index is 0.480. The first-order chi connectivity index (χ1) is 10.1. The Bertz CT molecular complexity index is 603. The minimum Gasteiger partial charge on any atom is -0.485 e. The van der Waals surface area contributed by atoms with Crippen molar-refractivity contribution in [3.8, 4) is 5.75 Å². The van der Waals surface area contributed by atoms with Crippen molar-refractivity contribution in [2.45, 2.75) is 52.8 Å². The highest BCUT2D eigenvalue weighted by Crippen LogP contribution is 2.26. The van der Waals surface area contributed by atoms with Gasteiger partial charge in [-0.25, -0.2) is 0 Å². The van der Waals surface area contributed by atoms with E-state index in [9.17, 15) is 0 Å². The first kappa shape index (κ1) is 14.2. The zero-order valence-electron chi connectivity index (χ0n) is 13.0. The molecule has 3 nitrogen and oxygen atoms in total. The first-order valence-corrected chi connectivity index (χ1v) is 7.63. The van der Waals surface area contributed by atoms with Crippen LogP contribution >= 0.6 is 0 Å². The van der Waals surface area contributed by atoms with Crippen molar-refractivity contribution in [3.63, 3.8) is 0 Å². The van der Waals surface area contributed by atoms with E-state index < -0.39 is 0 Å². The predicted octanol–water partition coefficient (Wildman–Crippen LogP) is 4.04. The maximum atomic E-state index is 5.95. The highest BCUT2D eigenvalue weighted by molar-refractivity contribution is 5.42. The third kappa shape index (κ3) is 3.67. The van der Waals surface area contributed by atoms with E-state index in [4.69, 9.17) is 9.15 Å². The molecule has 1 saturated carbocycles. The van der Waals surface area contributed by atoms with Crippen LogP contribution in [0, 0.1) is 20.8 Å². The van der Waals surface area contributed by atoms with Gasteiger partial charge in [0.25, 0.3) is 0 Å². The molecule has 0 bridgehead atoms. The molecule has 0 saturated heterocycles. The summed E-state index contributed by atoms with van der Waals surface area (Å²) in [7, 11) is 0. The summed E-state index contributed by atoms with van der Waals surface area (Å²) in [6.45, 7) is 7.57. The fourth-order valence-electron chi connectivity index (χ4n) is 2.67. The van der Waals surface area contributed by atoms with E-state index in [-0.39, 0.29) is 0 Å². The molecular weight excluding hydrogens is 262 g/mol. The van der Waals surface area contributed by atoms with Gasteiger partial charge in [-0.2, -0.15) is 0 Å². The van der Waals surface area contributed by atoms with Crippen molar-refractivity contribution in [3.05, 3.63) is 52.5 Å². The molecule has 3 rings (SSSR count). The Hall–Kier alpha value is -1.74. The molecule has 1 fully saturated rings. The molecule has 1 aliphatic rings. The van der Waals surface area contributed by atoms with Crippen molar-refractivity contribution < 1.29 is 9.15 Å². The number of nitrogens with one attached hydrogen (secondary N) is 1. The molecule has 1 aromatic heterocycles. The lowest BCUT2D eigenvalue weighted by Gasteiger charge is -2.12.